The Kier molecular flexibility index (Phi) is 6.67. The SMILES string of the molecule is O=C(C=Cc1ccccc1)NC(=S)Nc1ccc(NC(=O)c2cccs2)cc1. The molecule has 0 aliphatic rings. The molecule has 3 rings (SSSR count). The third kappa shape index (κ3) is 5.87. The number of nitrogens with one attached hydrogen (secondary N) is 3. The topological polar surface area (TPSA) is 70.2 Å². The fourth-order valence-electron chi connectivity index (χ4n) is 2.29. The predicted molar refractivity (Wildman–Crippen MR) is 119 cm³/mol. The van der Waals surface area contributed by atoms with Crippen molar-refractivity contribution < 1.29 is 9.59 Å². The minimum atomic E-state index is -0.318. The first-order valence-corrected chi connectivity index (χ1v) is 9.69. The lowest BCUT2D eigenvalue weighted by Gasteiger charge is -2.09. The average molecular weight is 408 g/mol. The van der Waals surface area contributed by atoms with Crippen molar-refractivity contribution in [2.24, 2.45) is 0 Å². The second-order valence-corrected chi connectivity index (χ2v) is 7.05. The molecular formula is C21H17N3O2S2. The number of thiophene rings is 1. The molecule has 0 saturated carbocycles. The van der Waals surface area contributed by atoms with E-state index < -0.39 is 0 Å². The highest BCUT2D eigenvalue weighted by atomic mass is 32.1. The van der Waals surface area contributed by atoms with E-state index in [4.69, 9.17) is 12.2 Å². The molecule has 0 saturated heterocycles. The monoisotopic (exact) mass is 407 g/mol. The van der Waals surface area contributed by atoms with Crippen molar-refractivity contribution in [3.63, 3.8) is 0 Å². The molecular weight excluding hydrogens is 390 g/mol. The van der Waals surface area contributed by atoms with Gasteiger partial charge in [-0.15, -0.1) is 11.3 Å². The van der Waals surface area contributed by atoms with Gasteiger partial charge in [-0.05, 0) is 59.6 Å². The van der Waals surface area contributed by atoms with E-state index in [2.05, 4.69) is 16.0 Å². The largest absolute Gasteiger partial charge is 0.332 e. The van der Waals surface area contributed by atoms with Crippen molar-refractivity contribution >= 4 is 57.9 Å². The summed E-state index contributed by atoms with van der Waals surface area (Å²) in [7, 11) is 0. The van der Waals surface area contributed by atoms with Gasteiger partial charge < -0.3 is 10.6 Å². The van der Waals surface area contributed by atoms with E-state index in [-0.39, 0.29) is 16.9 Å². The molecule has 5 nitrogen and oxygen atoms in total. The highest BCUT2D eigenvalue weighted by Crippen LogP contribution is 2.16. The molecule has 0 fully saturated rings. The molecule has 7 heteroatoms. The van der Waals surface area contributed by atoms with E-state index in [9.17, 15) is 9.59 Å². The second kappa shape index (κ2) is 9.59. The highest BCUT2D eigenvalue weighted by molar-refractivity contribution is 7.80. The van der Waals surface area contributed by atoms with E-state index in [1.54, 1.807) is 36.4 Å². The Hall–Kier alpha value is -3.29. The van der Waals surface area contributed by atoms with Gasteiger partial charge in [-0.25, -0.2) is 0 Å². The molecule has 1 heterocycles. The molecule has 28 heavy (non-hydrogen) atoms. The van der Waals surface area contributed by atoms with E-state index in [1.165, 1.54) is 17.4 Å². The van der Waals surface area contributed by atoms with Gasteiger partial charge in [0.15, 0.2) is 5.11 Å². The molecule has 0 unspecified atom stereocenters. The van der Waals surface area contributed by atoms with Gasteiger partial charge in [-0.3, -0.25) is 14.9 Å². The number of benzene rings is 2. The maximum atomic E-state index is 12.0. The summed E-state index contributed by atoms with van der Waals surface area (Å²) in [4.78, 5) is 24.6. The number of carbonyl (C=O) groups is 2. The van der Waals surface area contributed by atoms with Crippen LogP contribution in [0.25, 0.3) is 6.08 Å². The number of carbonyl (C=O) groups excluding carboxylic acids is 2. The predicted octanol–water partition coefficient (Wildman–Crippen LogP) is 4.53. The van der Waals surface area contributed by atoms with Crippen molar-refractivity contribution in [3.05, 3.63) is 88.6 Å². The van der Waals surface area contributed by atoms with E-state index in [0.29, 0.717) is 16.3 Å². The first-order valence-electron chi connectivity index (χ1n) is 8.40. The van der Waals surface area contributed by atoms with Gasteiger partial charge in [0.1, 0.15) is 0 Å². The van der Waals surface area contributed by atoms with Crippen LogP contribution in [0.2, 0.25) is 0 Å². The average Bonchev–Trinajstić information content (AvgIpc) is 3.24. The minimum Gasteiger partial charge on any atom is -0.332 e. The lowest BCUT2D eigenvalue weighted by atomic mass is 10.2. The van der Waals surface area contributed by atoms with E-state index in [1.807, 2.05) is 41.8 Å². The van der Waals surface area contributed by atoms with Crippen molar-refractivity contribution in [1.82, 2.24) is 5.32 Å². The van der Waals surface area contributed by atoms with Gasteiger partial charge in [0, 0.05) is 17.5 Å². The number of thiocarbonyl (C=S) groups is 1. The van der Waals surface area contributed by atoms with Crippen molar-refractivity contribution in [1.29, 1.82) is 0 Å². The highest BCUT2D eigenvalue weighted by Gasteiger charge is 2.07. The van der Waals surface area contributed by atoms with E-state index in [0.717, 1.165) is 5.56 Å². The number of amides is 2. The smallest absolute Gasteiger partial charge is 0.265 e. The molecule has 0 atom stereocenters. The Morgan fingerprint density at radius 1 is 0.857 bits per heavy atom. The van der Waals surface area contributed by atoms with Gasteiger partial charge in [0.2, 0.25) is 5.91 Å². The van der Waals surface area contributed by atoms with Crippen LogP contribution in [0.5, 0.6) is 0 Å². The Bertz CT molecular complexity index is 982. The number of hydrogen-bond acceptors (Lipinski definition) is 4. The molecule has 2 amide bonds. The molecule has 2 aromatic carbocycles. The summed E-state index contributed by atoms with van der Waals surface area (Å²) in [5.41, 5.74) is 2.30. The van der Waals surface area contributed by atoms with Crippen LogP contribution in [0, 0.1) is 0 Å². The Morgan fingerprint density at radius 2 is 1.54 bits per heavy atom. The summed E-state index contributed by atoms with van der Waals surface area (Å²) in [5.74, 6) is -0.468. The van der Waals surface area contributed by atoms with Gasteiger partial charge in [0.05, 0.1) is 4.88 Å². The van der Waals surface area contributed by atoms with Crippen molar-refractivity contribution in [2.45, 2.75) is 0 Å². The first kappa shape index (κ1) is 19.5. The molecule has 0 bridgehead atoms. The zero-order valence-electron chi connectivity index (χ0n) is 14.7. The maximum absolute atomic E-state index is 12.0. The van der Waals surface area contributed by atoms with E-state index >= 15 is 0 Å². The Morgan fingerprint density at radius 3 is 2.18 bits per heavy atom. The van der Waals surface area contributed by atoms with Crippen LogP contribution >= 0.6 is 23.6 Å². The summed E-state index contributed by atoms with van der Waals surface area (Å²) in [6.45, 7) is 0. The lowest BCUT2D eigenvalue weighted by Crippen LogP contribution is -2.32. The van der Waals surface area contributed by atoms with Gasteiger partial charge in [-0.2, -0.15) is 0 Å². The van der Waals surface area contributed by atoms with Crippen LogP contribution in [0.4, 0.5) is 11.4 Å². The van der Waals surface area contributed by atoms with Gasteiger partial charge in [0.25, 0.3) is 5.91 Å². The lowest BCUT2D eigenvalue weighted by molar-refractivity contribution is -0.115. The molecule has 0 aliphatic carbocycles. The quantitative estimate of drug-likeness (QED) is 0.429. The molecule has 0 aliphatic heterocycles. The van der Waals surface area contributed by atoms with Gasteiger partial charge >= 0.3 is 0 Å². The standard InChI is InChI=1S/C21H17N3O2S2/c25-19(13-8-15-5-2-1-3-6-15)24-21(27)23-17-11-9-16(10-12-17)22-20(26)18-7-4-14-28-18/h1-14H,(H,22,26)(H2,23,24,25,27). The van der Waals surface area contributed by atoms with Crippen LogP contribution in [-0.2, 0) is 4.79 Å². The molecule has 1 aromatic heterocycles. The van der Waals surface area contributed by atoms with Crippen LogP contribution in [-0.4, -0.2) is 16.9 Å². The second-order valence-electron chi connectivity index (χ2n) is 5.70. The van der Waals surface area contributed by atoms with Gasteiger partial charge in [-0.1, -0.05) is 36.4 Å². The summed E-state index contributed by atoms with van der Waals surface area (Å²) in [6, 6.07) is 20.2. The van der Waals surface area contributed by atoms with Crippen molar-refractivity contribution in [3.8, 4) is 0 Å². The van der Waals surface area contributed by atoms with Crippen LogP contribution in [0.15, 0.2) is 78.2 Å². The van der Waals surface area contributed by atoms with Crippen LogP contribution in [0.3, 0.4) is 0 Å². The first-order chi connectivity index (χ1) is 13.6. The molecule has 0 spiro atoms. The van der Waals surface area contributed by atoms with Crippen LogP contribution in [0.1, 0.15) is 15.2 Å². The summed E-state index contributed by atoms with van der Waals surface area (Å²) in [6.07, 6.45) is 3.13. The fourth-order valence-corrected chi connectivity index (χ4v) is 3.13. The third-order valence-electron chi connectivity index (χ3n) is 3.61. The number of anilines is 2. The summed E-state index contributed by atoms with van der Waals surface area (Å²) < 4.78 is 0. The number of rotatable bonds is 5. The zero-order valence-corrected chi connectivity index (χ0v) is 16.3. The molecule has 0 radical (unpaired) electrons. The number of hydrogen-bond donors (Lipinski definition) is 3. The molecule has 140 valence electrons. The van der Waals surface area contributed by atoms with Crippen molar-refractivity contribution in [2.75, 3.05) is 10.6 Å². The molecule has 3 N–H and O–H groups in total. The summed E-state index contributed by atoms with van der Waals surface area (Å²) >= 11 is 6.54. The van der Waals surface area contributed by atoms with Crippen LogP contribution < -0.4 is 16.0 Å². The zero-order chi connectivity index (χ0) is 19.8. The third-order valence-corrected chi connectivity index (χ3v) is 4.68. The Balaban J connectivity index is 1.49. The fraction of sp³-hybridized carbons (Fsp3) is 0. The Labute approximate surface area is 172 Å². The summed E-state index contributed by atoms with van der Waals surface area (Å²) in [5, 5.41) is 10.4. The normalized spacial score (nSPS) is 10.4. The minimum absolute atomic E-state index is 0.149. The molecule has 3 aromatic rings. The maximum Gasteiger partial charge on any atom is 0.265 e.